The van der Waals surface area contributed by atoms with Gasteiger partial charge in [0.05, 0.1) is 6.42 Å². The fourth-order valence-corrected chi connectivity index (χ4v) is 2.54. The SMILES string of the molecule is OC(=S)c1cccc(C(Cc2ccccc2)CC(F)(F)F)c1. The molecular formula is C17H15F3OS. The highest BCUT2D eigenvalue weighted by atomic mass is 32.1. The third kappa shape index (κ3) is 4.84. The minimum Gasteiger partial charge on any atom is -0.499 e. The predicted octanol–water partition coefficient (Wildman–Crippen LogP) is 5.20. The van der Waals surface area contributed by atoms with E-state index >= 15 is 0 Å². The third-order valence-corrected chi connectivity index (χ3v) is 3.64. The highest BCUT2D eigenvalue weighted by Gasteiger charge is 2.32. The molecule has 0 aliphatic carbocycles. The van der Waals surface area contributed by atoms with Crippen LogP contribution in [-0.4, -0.2) is 16.3 Å². The van der Waals surface area contributed by atoms with Gasteiger partial charge in [-0.1, -0.05) is 48.5 Å². The lowest BCUT2D eigenvalue weighted by molar-refractivity contribution is -0.138. The van der Waals surface area contributed by atoms with Gasteiger partial charge in [-0.15, -0.1) is 0 Å². The monoisotopic (exact) mass is 324 g/mol. The third-order valence-electron chi connectivity index (χ3n) is 3.41. The van der Waals surface area contributed by atoms with E-state index in [4.69, 9.17) is 0 Å². The summed E-state index contributed by atoms with van der Waals surface area (Å²) in [4.78, 5) is 0. The molecule has 116 valence electrons. The van der Waals surface area contributed by atoms with E-state index in [2.05, 4.69) is 12.2 Å². The van der Waals surface area contributed by atoms with E-state index < -0.39 is 18.5 Å². The molecule has 1 N–H and O–H groups in total. The minimum atomic E-state index is -4.25. The van der Waals surface area contributed by atoms with Crippen LogP contribution in [0.4, 0.5) is 13.2 Å². The second-order valence-electron chi connectivity index (χ2n) is 5.14. The van der Waals surface area contributed by atoms with Crippen molar-refractivity contribution >= 4 is 17.3 Å². The molecule has 0 aliphatic heterocycles. The van der Waals surface area contributed by atoms with Crippen LogP contribution in [0.1, 0.15) is 29.0 Å². The Hall–Kier alpha value is -1.88. The van der Waals surface area contributed by atoms with E-state index in [-0.39, 0.29) is 11.5 Å². The highest BCUT2D eigenvalue weighted by Crippen LogP contribution is 2.34. The van der Waals surface area contributed by atoms with Crippen molar-refractivity contribution in [1.82, 2.24) is 0 Å². The number of rotatable bonds is 5. The molecule has 0 spiro atoms. The van der Waals surface area contributed by atoms with Crippen LogP contribution in [0.25, 0.3) is 0 Å². The highest BCUT2D eigenvalue weighted by molar-refractivity contribution is 7.80. The molecule has 0 bridgehead atoms. The molecule has 5 heteroatoms. The molecule has 0 saturated heterocycles. The summed E-state index contributed by atoms with van der Waals surface area (Å²) in [6.07, 6.45) is -4.89. The van der Waals surface area contributed by atoms with Crippen molar-refractivity contribution in [2.24, 2.45) is 0 Å². The van der Waals surface area contributed by atoms with E-state index in [1.807, 2.05) is 18.2 Å². The molecule has 1 nitrogen and oxygen atoms in total. The van der Waals surface area contributed by atoms with Crippen LogP contribution in [0.15, 0.2) is 54.6 Å². The van der Waals surface area contributed by atoms with Gasteiger partial charge < -0.3 is 5.11 Å². The normalized spacial score (nSPS) is 12.9. The van der Waals surface area contributed by atoms with Crippen molar-refractivity contribution in [3.63, 3.8) is 0 Å². The first-order chi connectivity index (χ1) is 10.3. The van der Waals surface area contributed by atoms with E-state index in [1.54, 1.807) is 30.3 Å². The molecule has 0 fully saturated rings. The number of halogens is 3. The van der Waals surface area contributed by atoms with Crippen molar-refractivity contribution in [1.29, 1.82) is 0 Å². The fraction of sp³-hybridized carbons (Fsp3) is 0.235. The predicted molar refractivity (Wildman–Crippen MR) is 84.3 cm³/mol. The number of hydrogen-bond acceptors (Lipinski definition) is 1. The summed E-state index contributed by atoms with van der Waals surface area (Å²) >= 11 is 4.68. The molecule has 22 heavy (non-hydrogen) atoms. The zero-order valence-corrected chi connectivity index (χ0v) is 12.5. The minimum absolute atomic E-state index is 0.280. The molecule has 0 amide bonds. The van der Waals surface area contributed by atoms with Crippen molar-refractivity contribution in [3.8, 4) is 0 Å². The number of aliphatic hydroxyl groups is 1. The summed E-state index contributed by atoms with van der Waals surface area (Å²) in [5.74, 6) is -0.711. The maximum absolute atomic E-state index is 12.9. The largest absolute Gasteiger partial charge is 0.499 e. The van der Waals surface area contributed by atoms with E-state index in [9.17, 15) is 18.3 Å². The lowest BCUT2D eigenvalue weighted by atomic mass is 9.88. The van der Waals surface area contributed by atoms with Crippen LogP contribution >= 0.6 is 12.2 Å². The summed E-state index contributed by atoms with van der Waals surface area (Å²) in [6.45, 7) is 0. The Labute approximate surface area is 132 Å². The Kier molecular flexibility index (Phi) is 5.19. The summed E-state index contributed by atoms with van der Waals surface area (Å²) < 4.78 is 38.6. The average Bonchev–Trinajstić information content (AvgIpc) is 2.46. The average molecular weight is 324 g/mol. The van der Waals surface area contributed by atoms with Gasteiger partial charge in [0.2, 0.25) is 0 Å². The molecule has 0 aliphatic rings. The number of thiocarbonyl (C=S) groups is 1. The van der Waals surface area contributed by atoms with E-state index in [0.717, 1.165) is 5.56 Å². The van der Waals surface area contributed by atoms with E-state index in [0.29, 0.717) is 11.1 Å². The quantitative estimate of drug-likeness (QED) is 0.763. The van der Waals surface area contributed by atoms with Gasteiger partial charge in [-0.25, -0.2) is 0 Å². The van der Waals surface area contributed by atoms with Crippen LogP contribution in [0.2, 0.25) is 0 Å². The zero-order valence-electron chi connectivity index (χ0n) is 11.7. The lowest BCUT2D eigenvalue weighted by Crippen LogP contribution is -2.16. The summed E-state index contributed by atoms with van der Waals surface area (Å²) in [5, 5.41) is 9.05. The second kappa shape index (κ2) is 6.92. The van der Waals surface area contributed by atoms with Crippen molar-refractivity contribution in [2.75, 3.05) is 0 Å². The van der Waals surface area contributed by atoms with Crippen LogP contribution in [0.5, 0.6) is 0 Å². The van der Waals surface area contributed by atoms with E-state index in [1.165, 1.54) is 6.07 Å². The lowest BCUT2D eigenvalue weighted by Gasteiger charge is -2.20. The first-order valence-electron chi connectivity index (χ1n) is 6.79. The van der Waals surface area contributed by atoms with Gasteiger partial charge in [0.25, 0.3) is 0 Å². The molecule has 1 atom stereocenters. The van der Waals surface area contributed by atoms with Crippen LogP contribution in [0.3, 0.4) is 0 Å². The topological polar surface area (TPSA) is 20.2 Å². The van der Waals surface area contributed by atoms with Crippen molar-refractivity contribution < 1.29 is 18.3 Å². The Morgan fingerprint density at radius 3 is 2.32 bits per heavy atom. The van der Waals surface area contributed by atoms with Gasteiger partial charge in [-0.05, 0) is 41.7 Å². The number of hydrogen-bond donors (Lipinski definition) is 1. The maximum atomic E-state index is 12.9. The Balaban J connectivity index is 2.31. The Morgan fingerprint density at radius 1 is 1.05 bits per heavy atom. The first kappa shape index (κ1) is 16.5. The summed E-state index contributed by atoms with van der Waals surface area (Å²) in [6, 6.07) is 15.4. The molecule has 0 aromatic heterocycles. The van der Waals surface area contributed by atoms with Gasteiger partial charge in [0.1, 0.15) is 0 Å². The smallest absolute Gasteiger partial charge is 0.389 e. The number of alkyl halides is 3. The van der Waals surface area contributed by atoms with Gasteiger partial charge in [-0.2, -0.15) is 13.2 Å². The molecule has 1 unspecified atom stereocenters. The second-order valence-corrected chi connectivity index (χ2v) is 5.52. The molecule has 0 radical (unpaired) electrons. The van der Waals surface area contributed by atoms with Gasteiger partial charge in [0.15, 0.2) is 5.05 Å². The first-order valence-corrected chi connectivity index (χ1v) is 7.20. The molecule has 2 rings (SSSR count). The summed E-state index contributed by atoms with van der Waals surface area (Å²) in [5.41, 5.74) is 1.73. The van der Waals surface area contributed by atoms with Crippen LogP contribution in [0, 0.1) is 0 Å². The number of aliphatic hydroxyl groups excluding tert-OH is 1. The molecule has 0 heterocycles. The van der Waals surface area contributed by atoms with Gasteiger partial charge in [-0.3, -0.25) is 0 Å². The van der Waals surface area contributed by atoms with Gasteiger partial charge in [0, 0.05) is 5.56 Å². The number of benzene rings is 2. The summed E-state index contributed by atoms with van der Waals surface area (Å²) in [7, 11) is 0. The standard InChI is InChI=1S/C17H15F3OS/c18-17(19,20)11-15(9-12-5-2-1-3-6-12)13-7-4-8-14(10-13)16(21)22/h1-8,10,15H,9,11H2,(H,21,22). The molecule has 0 saturated carbocycles. The Morgan fingerprint density at radius 2 is 1.73 bits per heavy atom. The molecular weight excluding hydrogens is 309 g/mol. The molecule has 2 aromatic carbocycles. The fourth-order valence-electron chi connectivity index (χ4n) is 2.41. The molecule has 2 aromatic rings. The van der Waals surface area contributed by atoms with Crippen LogP contribution < -0.4 is 0 Å². The Bertz CT molecular complexity index is 638. The maximum Gasteiger partial charge on any atom is 0.389 e. The van der Waals surface area contributed by atoms with Crippen LogP contribution in [-0.2, 0) is 6.42 Å². The van der Waals surface area contributed by atoms with Crippen molar-refractivity contribution in [2.45, 2.75) is 24.9 Å². The van der Waals surface area contributed by atoms with Crippen molar-refractivity contribution in [3.05, 3.63) is 71.3 Å². The zero-order chi connectivity index (χ0) is 16.2. The van der Waals surface area contributed by atoms with Gasteiger partial charge >= 0.3 is 6.18 Å².